The number of carbonyl (C=O) groups excluding carboxylic acids is 2. The quantitative estimate of drug-likeness (QED) is 0.673. The second kappa shape index (κ2) is 7.27. The Morgan fingerprint density at radius 2 is 1.71 bits per heavy atom. The van der Waals surface area contributed by atoms with Crippen molar-refractivity contribution >= 4 is 11.9 Å². The van der Waals surface area contributed by atoms with Gasteiger partial charge in [-0.25, -0.2) is 4.79 Å². The molecule has 0 rings (SSSR count). The highest BCUT2D eigenvalue weighted by Crippen LogP contribution is 2.06. The SMILES string of the molecule is CCOC(=O)[C@@H](NC(=O)[C@@H](N)C(C)C)C(C)C. The molecule has 0 aromatic carbocycles. The zero-order valence-electron chi connectivity index (χ0n) is 11.3. The van der Waals surface area contributed by atoms with E-state index in [1.165, 1.54) is 0 Å². The summed E-state index contributed by atoms with van der Waals surface area (Å²) in [6, 6.07) is -1.24. The summed E-state index contributed by atoms with van der Waals surface area (Å²) in [6.07, 6.45) is 0. The Morgan fingerprint density at radius 3 is 2.06 bits per heavy atom. The lowest BCUT2D eigenvalue weighted by atomic mass is 10.0. The number of hydrogen-bond acceptors (Lipinski definition) is 4. The average Bonchev–Trinajstić information content (AvgIpc) is 2.23. The first-order valence-electron chi connectivity index (χ1n) is 6.03. The molecule has 5 nitrogen and oxygen atoms in total. The molecule has 0 spiro atoms. The van der Waals surface area contributed by atoms with Crippen LogP contribution in [0.1, 0.15) is 34.6 Å². The highest BCUT2D eigenvalue weighted by atomic mass is 16.5. The molecule has 17 heavy (non-hydrogen) atoms. The van der Waals surface area contributed by atoms with Crippen LogP contribution in [0, 0.1) is 11.8 Å². The van der Waals surface area contributed by atoms with Crippen LogP contribution in [0.4, 0.5) is 0 Å². The third kappa shape index (κ3) is 5.17. The third-order valence-corrected chi connectivity index (χ3v) is 2.53. The monoisotopic (exact) mass is 244 g/mol. The first-order chi connectivity index (χ1) is 7.81. The molecule has 0 radical (unpaired) electrons. The van der Waals surface area contributed by atoms with Crippen LogP contribution in [0.25, 0.3) is 0 Å². The van der Waals surface area contributed by atoms with Crippen LogP contribution in [-0.2, 0) is 14.3 Å². The second-order valence-corrected chi connectivity index (χ2v) is 4.75. The summed E-state index contributed by atoms with van der Waals surface area (Å²) in [5.74, 6) is -0.721. The molecule has 0 saturated carbocycles. The van der Waals surface area contributed by atoms with Crippen LogP contribution in [0.2, 0.25) is 0 Å². The number of esters is 1. The minimum atomic E-state index is -0.632. The number of carbonyl (C=O) groups is 2. The first kappa shape index (κ1) is 15.9. The number of nitrogens with two attached hydrogens (primary N) is 1. The van der Waals surface area contributed by atoms with Gasteiger partial charge in [0.1, 0.15) is 6.04 Å². The van der Waals surface area contributed by atoms with Crippen LogP contribution < -0.4 is 11.1 Å². The number of hydrogen-bond donors (Lipinski definition) is 2. The molecule has 100 valence electrons. The average molecular weight is 244 g/mol. The predicted molar refractivity (Wildman–Crippen MR) is 66.2 cm³/mol. The predicted octanol–water partition coefficient (Wildman–Crippen LogP) is 0.674. The summed E-state index contributed by atoms with van der Waals surface area (Å²) >= 11 is 0. The fourth-order valence-electron chi connectivity index (χ4n) is 1.28. The Balaban J connectivity index is 4.55. The van der Waals surface area contributed by atoms with Gasteiger partial charge < -0.3 is 15.8 Å². The number of ether oxygens (including phenoxy) is 1. The van der Waals surface area contributed by atoms with Crippen molar-refractivity contribution in [1.82, 2.24) is 5.32 Å². The van der Waals surface area contributed by atoms with Crippen LogP contribution in [0.5, 0.6) is 0 Å². The second-order valence-electron chi connectivity index (χ2n) is 4.75. The molecule has 0 saturated heterocycles. The molecule has 0 aliphatic heterocycles. The van der Waals surface area contributed by atoms with Crippen molar-refractivity contribution in [3.63, 3.8) is 0 Å². The zero-order chi connectivity index (χ0) is 13.6. The molecular weight excluding hydrogens is 220 g/mol. The topological polar surface area (TPSA) is 81.4 Å². The van der Waals surface area contributed by atoms with E-state index in [1.54, 1.807) is 6.92 Å². The Bertz CT molecular complexity index is 264. The molecule has 0 aliphatic rings. The Labute approximate surface area is 103 Å². The molecule has 0 aromatic heterocycles. The summed E-state index contributed by atoms with van der Waals surface area (Å²) in [4.78, 5) is 23.4. The van der Waals surface area contributed by atoms with E-state index in [1.807, 2.05) is 27.7 Å². The van der Waals surface area contributed by atoms with Gasteiger partial charge in [-0.3, -0.25) is 4.79 Å². The van der Waals surface area contributed by atoms with Gasteiger partial charge in [0, 0.05) is 0 Å². The third-order valence-electron chi connectivity index (χ3n) is 2.53. The number of rotatable bonds is 6. The lowest BCUT2D eigenvalue weighted by Gasteiger charge is -2.23. The van der Waals surface area contributed by atoms with E-state index in [4.69, 9.17) is 10.5 Å². The van der Waals surface area contributed by atoms with Crippen LogP contribution in [-0.4, -0.2) is 30.6 Å². The molecule has 5 heteroatoms. The van der Waals surface area contributed by atoms with E-state index in [0.717, 1.165) is 0 Å². The molecule has 0 bridgehead atoms. The molecule has 1 amide bonds. The molecule has 0 aliphatic carbocycles. The maximum absolute atomic E-state index is 11.8. The summed E-state index contributed by atoms with van der Waals surface area (Å²) in [5.41, 5.74) is 5.72. The molecule has 0 heterocycles. The standard InChI is InChI=1S/C12H24N2O3/c1-6-17-12(16)10(8(4)5)14-11(15)9(13)7(2)3/h7-10H,6,13H2,1-5H3,(H,14,15)/t9-,10-/m0/s1. The van der Waals surface area contributed by atoms with Gasteiger partial charge in [0.15, 0.2) is 0 Å². The Hall–Kier alpha value is -1.10. The molecular formula is C12H24N2O3. The van der Waals surface area contributed by atoms with Crippen molar-refractivity contribution in [1.29, 1.82) is 0 Å². The maximum Gasteiger partial charge on any atom is 0.328 e. The summed E-state index contributed by atoms with van der Waals surface area (Å²) in [6.45, 7) is 9.45. The minimum absolute atomic E-state index is 0.0302. The van der Waals surface area contributed by atoms with E-state index in [0.29, 0.717) is 6.61 Å². The van der Waals surface area contributed by atoms with Crippen molar-refractivity contribution in [3.8, 4) is 0 Å². The maximum atomic E-state index is 11.8. The fourth-order valence-corrected chi connectivity index (χ4v) is 1.28. The lowest BCUT2D eigenvalue weighted by molar-refractivity contribution is -0.149. The van der Waals surface area contributed by atoms with E-state index in [9.17, 15) is 9.59 Å². The van der Waals surface area contributed by atoms with Gasteiger partial charge in [0.25, 0.3) is 0 Å². The summed E-state index contributed by atoms with van der Waals surface area (Å²) < 4.78 is 4.91. The Kier molecular flexibility index (Phi) is 6.80. The van der Waals surface area contributed by atoms with Gasteiger partial charge in [-0.1, -0.05) is 27.7 Å². The van der Waals surface area contributed by atoms with E-state index in [-0.39, 0.29) is 17.7 Å². The number of amides is 1. The molecule has 3 N–H and O–H groups in total. The van der Waals surface area contributed by atoms with Crippen molar-refractivity contribution in [2.75, 3.05) is 6.61 Å². The van der Waals surface area contributed by atoms with Gasteiger partial charge in [-0.2, -0.15) is 0 Å². The summed E-state index contributed by atoms with van der Waals surface area (Å²) in [7, 11) is 0. The smallest absolute Gasteiger partial charge is 0.328 e. The lowest BCUT2D eigenvalue weighted by Crippen LogP contribution is -2.52. The first-order valence-corrected chi connectivity index (χ1v) is 6.03. The highest BCUT2D eigenvalue weighted by molar-refractivity contribution is 5.87. The van der Waals surface area contributed by atoms with E-state index >= 15 is 0 Å². The van der Waals surface area contributed by atoms with Crippen molar-refractivity contribution in [2.24, 2.45) is 17.6 Å². The number of nitrogens with one attached hydrogen (secondary N) is 1. The van der Waals surface area contributed by atoms with Crippen LogP contribution >= 0.6 is 0 Å². The molecule has 2 atom stereocenters. The van der Waals surface area contributed by atoms with Gasteiger partial charge >= 0.3 is 5.97 Å². The van der Waals surface area contributed by atoms with Crippen LogP contribution in [0.15, 0.2) is 0 Å². The van der Waals surface area contributed by atoms with Gasteiger partial charge in [-0.15, -0.1) is 0 Å². The highest BCUT2D eigenvalue weighted by Gasteiger charge is 2.28. The van der Waals surface area contributed by atoms with E-state index in [2.05, 4.69) is 5.32 Å². The fraction of sp³-hybridized carbons (Fsp3) is 0.833. The van der Waals surface area contributed by atoms with Crippen molar-refractivity contribution in [2.45, 2.75) is 46.7 Å². The Morgan fingerprint density at radius 1 is 1.18 bits per heavy atom. The summed E-state index contributed by atoms with van der Waals surface area (Å²) in [5, 5.41) is 2.64. The minimum Gasteiger partial charge on any atom is -0.464 e. The van der Waals surface area contributed by atoms with Crippen LogP contribution in [0.3, 0.4) is 0 Å². The van der Waals surface area contributed by atoms with E-state index < -0.39 is 18.1 Å². The van der Waals surface area contributed by atoms with Gasteiger partial charge in [0.05, 0.1) is 12.6 Å². The van der Waals surface area contributed by atoms with Gasteiger partial charge in [0.2, 0.25) is 5.91 Å². The zero-order valence-corrected chi connectivity index (χ0v) is 11.3. The molecule has 0 aromatic rings. The van der Waals surface area contributed by atoms with Crippen molar-refractivity contribution < 1.29 is 14.3 Å². The van der Waals surface area contributed by atoms with Gasteiger partial charge in [-0.05, 0) is 18.8 Å². The molecule has 0 unspecified atom stereocenters. The molecule has 0 fully saturated rings. The largest absolute Gasteiger partial charge is 0.464 e. The normalized spacial score (nSPS) is 14.6. The van der Waals surface area contributed by atoms with Crippen molar-refractivity contribution in [3.05, 3.63) is 0 Å².